The maximum absolute atomic E-state index is 10.2. The van der Waals surface area contributed by atoms with Crippen molar-refractivity contribution in [2.75, 3.05) is 13.1 Å². The molecule has 0 aliphatic carbocycles. The van der Waals surface area contributed by atoms with Crippen molar-refractivity contribution in [2.45, 2.75) is 39.3 Å². The van der Waals surface area contributed by atoms with Crippen molar-refractivity contribution in [1.82, 2.24) is 4.90 Å². The molecular weight excluding hydrogens is 224 g/mol. The summed E-state index contributed by atoms with van der Waals surface area (Å²) < 4.78 is 0. The minimum Gasteiger partial charge on any atom is -0.387 e. The molecule has 0 aromatic heterocycles. The Morgan fingerprint density at radius 1 is 1.28 bits per heavy atom. The first-order valence-corrected chi connectivity index (χ1v) is 6.50. The van der Waals surface area contributed by atoms with Crippen LogP contribution in [0.1, 0.15) is 44.4 Å². The normalized spacial score (nSPS) is 12.7. The minimum absolute atomic E-state index is 0.429. The topological polar surface area (TPSA) is 47.3 Å². The molecule has 3 heteroatoms. The van der Waals surface area contributed by atoms with Gasteiger partial charge in [-0.2, -0.15) is 5.26 Å². The molecule has 0 fully saturated rings. The second kappa shape index (κ2) is 7.15. The Bertz CT molecular complexity index is 392. The predicted molar refractivity (Wildman–Crippen MR) is 73.1 cm³/mol. The minimum atomic E-state index is -0.494. The number of nitrogens with zero attached hydrogens (tertiary/aromatic N) is 2. The van der Waals surface area contributed by atoms with Gasteiger partial charge < -0.3 is 5.11 Å². The molecule has 1 unspecified atom stereocenters. The fourth-order valence-corrected chi connectivity index (χ4v) is 1.95. The van der Waals surface area contributed by atoms with E-state index in [2.05, 4.69) is 31.7 Å². The van der Waals surface area contributed by atoms with Crippen LogP contribution in [0.15, 0.2) is 24.3 Å². The number of aliphatic hydroxyl groups excluding tert-OH is 1. The van der Waals surface area contributed by atoms with Gasteiger partial charge in [0, 0.05) is 12.6 Å². The summed E-state index contributed by atoms with van der Waals surface area (Å²) in [7, 11) is 0. The monoisotopic (exact) mass is 246 g/mol. The molecule has 3 nitrogen and oxygen atoms in total. The molecule has 0 saturated carbocycles. The van der Waals surface area contributed by atoms with Gasteiger partial charge in [0.2, 0.25) is 0 Å². The highest BCUT2D eigenvalue weighted by Gasteiger charge is 2.15. The Kier molecular flexibility index (Phi) is 5.84. The molecule has 1 rings (SSSR count). The molecule has 0 aliphatic rings. The molecule has 1 atom stereocenters. The van der Waals surface area contributed by atoms with Crippen LogP contribution in [0.3, 0.4) is 0 Å². The van der Waals surface area contributed by atoms with E-state index in [0.717, 1.165) is 18.5 Å². The lowest BCUT2D eigenvalue weighted by Crippen LogP contribution is -2.35. The largest absolute Gasteiger partial charge is 0.387 e. The van der Waals surface area contributed by atoms with Crippen LogP contribution in [-0.4, -0.2) is 29.1 Å². The maximum atomic E-state index is 10.2. The first-order valence-electron chi connectivity index (χ1n) is 6.50. The van der Waals surface area contributed by atoms with E-state index in [1.54, 1.807) is 12.1 Å². The molecule has 0 bridgehead atoms. The second-order valence-corrected chi connectivity index (χ2v) is 4.84. The van der Waals surface area contributed by atoms with Crippen molar-refractivity contribution in [3.63, 3.8) is 0 Å². The maximum Gasteiger partial charge on any atom is 0.0991 e. The molecule has 1 aromatic carbocycles. The Morgan fingerprint density at radius 3 is 2.33 bits per heavy atom. The number of aliphatic hydroxyl groups is 1. The molecule has 0 radical (unpaired) electrons. The van der Waals surface area contributed by atoms with Crippen molar-refractivity contribution in [1.29, 1.82) is 5.26 Å². The zero-order chi connectivity index (χ0) is 13.5. The second-order valence-electron chi connectivity index (χ2n) is 4.84. The summed E-state index contributed by atoms with van der Waals surface area (Å²) in [6.07, 6.45) is 0.588. The standard InChI is InChI=1S/C15H22N2O/c1-4-9-17(12(2)3)11-15(18)14-7-5-13(10-16)6-8-14/h5-8,12,15,18H,4,9,11H2,1-3H3. The van der Waals surface area contributed by atoms with Gasteiger partial charge in [0.1, 0.15) is 0 Å². The van der Waals surface area contributed by atoms with Gasteiger partial charge in [0.15, 0.2) is 0 Å². The van der Waals surface area contributed by atoms with Crippen molar-refractivity contribution in [3.8, 4) is 6.07 Å². The lowest BCUT2D eigenvalue weighted by molar-refractivity contribution is 0.0955. The Balaban J connectivity index is 2.68. The molecule has 18 heavy (non-hydrogen) atoms. The summed E-state index contributed by atoms with van der Waals surface area (Å²) in [4.78, 5) is 2.27. The highest BCUT2D eigenvalue weighted by Crippen LogP contribution is 2.16. The molecule has 0 amide bonds. The Labute approximate surface area is 110 Å². The molecule has 1 N–H and O–H groups in total. The van der Waals surface area contributed by atoms with E-state index in [1.165, 1.54) is 0 Å². The zero-order valence-electron chi connectivity index (χ0n) is 11.4. The van der Waals surface area contributed by atoms with Crippen LogP contribution in [0.2, 0.25) is 0 Å². The van der Waals surface area contributed by atoms with Gasteiger partial charge in [-0.05, 0) is 44.5 Å². The van der Waals surface area contributed by atoms with Gasteiger partial charge in [-0.15, -0.1) is 0 Å². The van der Waals surface area contributed by atoms with E-state index in [4.69, 9.17) is 5.26 Å². The predicted octanol–water partition coefficient (Wildman–Crippen LogP) is 2.71. The number of hydrogen-bond donors (Lipinski definition) is 1. The van der Waals surface area contributed by atoms with E-state index < -0.39 is 6.10 Å². The summed E-state index contributed by atoms with van der Waals surface area (Å²) in [5, 5.41) is 18.9. The molecule has 0 spiro atoms. The van der Waals surface area contributed by atoms with Gasteiger partial charge in [-0.3, -0.25) is 4.90 Å². The Morgan fingerprint density at radius 2 is 1.89 bits per heavy atom. The summed E-state index contributed by atoms with van der Waals surface area (Å²) in [6.45, 7) is 8.05. The lowest BCUT2D eigenvalue weighted by atomic mass is 10.1. The van der Waals surface area contributed by atoms with Crippen LogP contribution >= 0.6 is 0 Å². The number of nitriles is 1. The first-order chi connectivity index (χ1) is 8.58. The van der Waals surface area contributed by atoms with Crippen molar-refractivity contribution < 1.29 is 5.11 Å². The molecule has 0 aliphatic heterocycles. The summed E-state index contributed by atoms with van der Waals surface area (Å²) in [6, 6.07) is 9.66. The molecule has 0 saturated heterocycles. The third-order valence-corrected chi connectivity index (χ3v) is 3.07. The average molecular weight is 246 g/mol. The molecule has 98 valence electrons. The molecular formula is C15H22N2O. The third kappa shape index (κ3) is 4.14. The van der Waals surface area contributed by atoms with Crippen molar-refractivity contribution in [2.24, 2.45) is 0 Å². The van der Waals surface area contributed by atoms with E-state index in [0.29, 0.717) is 18.2 Å². The fourth-order valence-electron chi connectivity index (χ4n) is 1.95. The van der Waals surface area contributed by atoms with Gasteiger partial charge in [0.25, 0.3) is 0 Å². The molecule has 0 heterocycles. The van der Waals surface area contributed by atoms with Gasteiger partial charge in [-0.25, -0.2) is 0 Å². The highest BCUT2D eigenvalue weighted by atomic mass is 16.3. The zero-order valence-corrected chi connectivity index (χ0v) is 11.4. The quantitative estimate of drug-likeness (QED) is 0.839. The van der Waals surface area contributed by atoms with Crippen LogP contribution in [0.4, 0.5) is 0 Å². The van der Waals surface area contributed by atoms with Gasteiger partial charge >= 0.3 is 0 Å². The first kappa shape index (κ1) is 14.7. The van der Waals surface area contributed by atoms with Gasteiger partial charge in [-0.1, -0.05) is 19.1 Å². The van der Waals surface area contributed by atoms with Crippen LogP contribution in [-0.2, 0) is 0 Å². The van der Waals surface area contributed by atoms with E-state index in [9.17, 15) is 5.11 Å². The average Bonchev–Trinajstić information content (AvgIpc) is 2.38. The Hall–Kier alpha value is -1.37. The van der Waals surface area contributed by atoms with Crippen LogP contribution in [0.25, 0.3) is 0 Å². The SMILES string of the molecule is CCCN(CC(O)c1ccc(C#N)cc1)C(C)C. The van der Waals surface area contributed by atoms with E-state index >= 15 is 0 Å². The smallest absolute Gasteiger partial charge is 0.0991 e. The van der Waals surface area contributed by atoms with E-state index in [1.807, 2.05) is 12.1 Å². The fraction of sp³-hybridized carbons (Fsp3) is 0.533. The number of benzene rings is 1. The lowest BCUT2D eigenvalue weighted by Gasteiger charge is -2.28. The van der Waals surface area contributed by atoms with Gasteiger partial charge in [0.05, 0.1) is 17.7 Å². The third-order valence-electron chi connectivity index (χ3n) is 3.07. The number of rotatable bonds is 6. The summed E-state index contributed by atoms with van der Waals surface area (Å²) in [5.74, 6) is 0. The van der Waals surface area contributed by atoms with Crippen LogP contribution < -0.4 is 0 Å². The highest BCUT2D eigenvalue weighted by molar-refractivity contribution is 5.32. The van der Waals surface area contributed by atoms with Crippen LogP contribution in [0.5, 0.6) is 0 Å². The summed E-state index contributed by atoms with van der Waals surface area (Å²) in [5.41, 5.74) is 1.50. The van der Waals surface area contributed by atoms with Crippen LogP contribution in [0, 0.1) is 11.3 Å². The number of hydrogen-bond acceptors (Lipinski definition) is 3. The van der Waals surface area contributed by atoms with Crippen molar-refractivity contribution in [3.05, 3.63) is 35.4 Å². The molecule has 1 aromatic rings. The summed E-state index contributed by atoms with van der Waals surface area (Å²) >= 11 is 0. The van der Waals surface area contributed by atoms with E-state index in [-0.39, 0.29) is 0 Å². The van der Waals surface area contributed by atoms with Crippen molar-refractivity contribution >= 4 is 0 Å².